The maximum atomic E-state index is 12.1. The highest BCUT2D eigenvalue weighted by atomic mass is 35.5. The Morgan fingerprint density at radius 2 is 2.25 bits per heavy atom. The molecule has 0 spiro atoms. The summed E-state index contributed by atoms with van der Waals surface area (Å²) in [7, 11) is 0. The van der Waals surface area contributed by atoms with Crippen LogP contribution in [-0.4, -0.2) is 5.78 Å². The Morgan fingerprint density at radius 3 is 2.81 bits per heavy atom. The average molecular weight is 237 g/mol. The predicted molar refractivity (Wildman–Crippen MR) is 66.9 cm³/mol. The van der Waals surface area contributed by atoms with Crippen molar-refractivity contribution in [3.05, 3.63) is 34.9 Å². The van der Waals surface area contributed by atoms with Gasteiger partial charge in [0, 0.05) is 16.5 Å². The number of hydrogen-bond acceptors (Lipinski definition) is 1. The summed E-state index contributed by atoms with van der Waals surface area (Å²) < 4.78 is 0. The van der Waals surface area contributed by atoms with Crippen LogP contribution in [0.4, 0.5) is 0 Å². The molecule has 0 aliphatic heterocycles. The standard InChI is InChI=1S/C14H17ClO/c1-10(8-11-4-2-5-11)14(16)12-6-3-7-13(15)9-12/h3,6-7,9-11H,2,4-5,8H2,1H3. The quantitative estimate of drug-likeness (QED) is 0.711. The minimum absolute atomic E-state index is 0.128. The van der Waals surface area contributed by atoms with Gasteiger partial charge in [-0.3, -0.25) is 4.79 Å². The van der Waals surface area contributed by atoms with E-state index in [1.54, 1.807) is 12.1 Å². The third-order valence-electron chi connectivity index (χ3n) is 3.47. The van der Waals surface area contributed by atoms with Gasteiger partial charge in [0.25, 0.3) is 0 Å². The SMILES string of the molecule is CC(CC1CCC1)C(=O)c1cccc(Cl)c1. The van der Waals surface area contributed by atoms with E-state index in [1.807, 2.05) is 19.1 Å². The molecular weight excluding hydrogens is 220 g/mol. The normalized spacial score (nSPS) is 17.9. The van der Waals surface area contributed by atoms with E-state index in [9.17, 15) is 4.79 Å². The van der Waals surface area contributed by atoms with Crippen molar-refractivity contribution in [3.8, 4) is 0 Å². The zero-order valence-electron chi connectivity index (χ0n) is 9.58. The first-order valence-corrected chi connectivity index (χ1v) is 6.34. The molecule has 0 aromatic heterocycles. The van der Waals surface area contributed by atoms with Gasteiger partial charge >= 0.3 is 0 Å². The molecule has 1 atom stereocenters. The lowest BCUT2D eigenvalue weighted by Gasteiger charge is -2.27. The van der Waals surface area contributed by atoms with E-state index in [2.05, 4.69) is 0 Å². The van der Waals surface area contributed by atoms with Crippen molar-refractivity contribution in [2.75, 3.05) is 0 Å². The van der Waals surface area contributed by atoms with E-state index >= 15 is 0 Å². The second kappa shape index (κ2) is 5.01. The number of hydrogen-bond donors (Lipinski definition) is 0. The fraction of sp³-hybridized carbons (Fsp3) is 0.500. The van der Waals surface area contributed by atoms with E-state index in [4.69, 9.17) is 11.6 Å². The van der Waals surface area contributed by atoms with Crippen LogP contribution in [0.1, 0.15) is 43.0 Å². The summed E-state index contributed by atoms with van der Waals surface area (Å²) in [5.74, 6) is 1.14. The molecule has 2 rings (SSSR count). The van der Waals surface area contributed by atoms with Crippen LogP contribution in [0.2, 0.25) is 5.02 Å². The Hall–Kier alpha value is -0.820. The smallest absolute Gasteiger partial charge is 0.165 e. The summed E-state index contributed by atoms with van der Waals surface area (Å²) in [6.45, 7) is 2.03. The minimum atomic E-state index is 0.128. The van der Waals surface area contributed by atoms with Crippen LogP contribution in [0, 0.1) is 11.8 Å². The lowest BCUT2D eigenvalue weighted by atomic mass is 9.78. The summed E-state index contributed by atoms with van der Waals surface area (Å²) in [6.07, 6.45) is 4.97. The number of halogens is 1. The number of Topliss-reactive ketones (excluding diaryl/α,β-unsaturated/α-hetero) is 1. The summed E-state index contributed by atoms with van der Waals surface area (Å²) in [4.78, 5) is 12.1. The van der Waals surface area contributed by atoms with Crippen molar-refractivity contribution in [2.24, 2.45) is 11.8 Å². The zero-order valence-corrected chi connectivity index (χ0v) is 10.3. The van der Waals surface area contributed by atoms with Gasteiger partial charge in [-0.15, -0.1) is 0 Å². The van der Waals surface area contributed by atoms with Gasteiger partial charge in [-0.2, -0.15) is 0 Å². The van der Waals surface area contributed by atoms with E-state index in [0.717, 1.165) is 17.9 Å². The molecule has 1 aliphatic carbocycles. The topological polar surface area (TPSA) is 17.1 Å². The van der Waals surface area contributed by atoms with E-state index in [0.29, 0.717) is 5.02 Å². The molecule has 1 aromatic carbocycles. The van der Waals surface area contributed by atoms with Gasteiger partial charge in [-0.1, -0.05) is 49.9 Å². The van der Waals surface area contributed by atoms with Crippen molar-refractivity contribution in [1.82, 2.24) is 0 Å². The molecule has 1 saturated carbocycles. The number of benzene rings is 1. The Balaban J connectivity index is 2.00. The molecule has 86 valence electrons. The molecule has 0 radical (unpaired) electrons. The van der Waals surface area contributed by atoms with Crippen molar-refractivity contribution >= 4 is 17.4 Å². The minimum Gasteiger partial charge on any atom is -0.294 e. The Morgan fingerprint density at radius 1 is 1.50 bits per heavy atom. The van der Waals surface area contributed by atoms with Crippen molar-refractivity contribution in [1.29, 1.82) is 0 Å². The van der Waals surface area contributed by atoms with Crippen LogP contribution in [0.3, 0.4) is 0 Å². The molecule has 0 heterocycles. The predicted octanol–water partition coefficient (Wildman–Crippen LogP) is 4.35. The van der Waals surface area contributed by atoms with Gasteiger partial charge in [0.1, 0.15) is 0 Å². The number of rotatable bonds is 4. The van der Waals surface area contributed by atoms with Crippen LogP contribution in [-0.2, 0) is 0 Å². The molecule has 0 bridgehead atoms. The molecule has 16 heavy (non-hydrogen) atoms. The van der Waals surface area contributed by atoms with Crippen LogP contribution in [0.5, 0.6) is 0 Å². The second-order valence-corrected chi connectivity index (χ2v) is 5.24. The van der Waals surface area contributed by atoms with Crippen molar-refractivity contribution in [3.63, 3.8) is 0 Å². The third kappa shape index (κ3) is 2.65. The first-order chi connectivity index (χ1) is 7.66. The molecule has 0 saturated heterocycles. The largest absolute Gasteiger partial charge is 0.294 e. The van der Waals surface area contributed by atoms with Gasteiger partial charge in [0.05, 0.1) is 0 Å². The Kier molecular flexibility index (Phi) is 3.65. The summed E-state index contributed by atoms with van der Waals surface area (Å²) >= 11 is 5.89. The summed E-state index contributed by atoms with van der Waals surface area (Å²) in [5, 5.41) is 0.640. The highest BCUT2D eigenvalue weighted by Gasteiger charge is 2.24. The molecule has 1 unspecified atom stereocenters. The van der Waals surface area contributed by atoms with Gasteiger partial charge in [-0.25, -0.2) is 0 Å². The Labute approximate surface area is 102 Å². The van der Waals surface area contributed by atoms with Crippen LogP contribution in [0.15, 0.2) is 24.3 Å². The molecular formula is C14H17ClO. The number of carbonyl (C=O) groups excluding carboxylic acids is 1. The molecule has 0 N–H and O–H groups in total. The first kappa shape index (κ1) is 11.7. The molecule has 0 amide bonds. The van der Waals surface area contributed by atoms with E-state index in [-0.39, 0.29) is 11.7 Å². The maximum Gasteiger partial charge on any atom is 0.165 e. The second-order valence-electron chi connectivity index (χ2n) is 4.81. The fourth-order valence-corrected chi connectivity index (χ4v) is 2.45. The number of carbonyl (C=O) groups is 1. The summed E-state index contributed by atoms with van der Waals surface area (Å²) in [5.41, 5.74) is 0.749. The lowest BCUT2D eigenvalue weighted by molar-refractivity contribution is 0.0896. The zero-order chi connectivity index (χ0) is 11.5. The molecule has 1 aromatic rings. The highest BCUT2D eigenvalue weighted by molar-refractivity contribution is 6.31. The number of ketones is 1. The fourth-order valence-electron chi connectivity index (χ4n) is 2.26. The van der Waals surface area contributed by atoms with Gasteiger partial charge in [-0.05, 0) is 24.5 Å². The van der Waals surface area contributed by atoms with E-state index < -0.39 is 0 Å². The highest BCUT2D eigenvalue weighted by Crippen LogP contribution is 2.33. The maximum absolute atomic E-state index is 12.1. The van der Waals surface area contributed by atoms with Gasteiger partial charge in [0.2, 0.25) is 0 Å². The average Bonchev–Trinajstić information content (AvgIpc) is 2.22. The van der Waals surface area contributed by atoms with Crippen molar-refractivity contribution in [2.45, 2.75) is 32.6 Å². The van der Waals surface area contributed by atoms with Crippen LogP contribution >= 0.6 is 11.6 Å². The van der Waals surface area contributed by atoms with Gasteiger partial charge in [0.15, 0.2) is 5.78 Å². The lowest BCUT2D eigenvalue weighted by Crippen LogP contribution is -2.20. The van der Waals surface area contributed by atoms with Crippen molar-refractivity contribution < 1.29 is 4.79 Å². The van der Waals surface area contributed by atoms with Crippen LogP contribution in [0.25, 0.3) is 0 Å². The Bertz CT molecular complexity index is 382. The molecule has 1 aliphatic rings. The summed E-state index contributed by atoms with van der Waals surface area (Å²) in [6, 6.07) is 7.26. The first-order valence-electron chi connectivity index (χ1n) is 5.96. The molecule has 1 nitrogen and oxygen atoms in total. The van der Waals surface area contributed by atoms with Crippen LogP contribution < -0.4 is 0 Å². The molecule has 2 heteroatoms. The molecule has 1 fully saturated rings. The monoisotopic (exact) mass is 236 g/mol. The van der Waals surface area contributed by atoms with Gasteiger partial charge < -0.3 is 0 Å². The third-order valence-corrected chi connectivity index (χ3v) is 3.70. The van der Waals surface area contributed by atoms with E-state index in [1.165, 1.54) is 19.3 Å².